The number of hydrogen-bond acceptors (Lipinski definition) is 7. The van der Waals surface area contributed by atoms with E-state index in [1.165, 1.54) is 36.7 Å². The average molecular weight is 395 g/mol. The number of carbonyl (C=O) groups is 1. The van der Waals surface area contributed by atoms with Gasteiger partial charge in [0, 0.05) is 23.5 Å². The van der Waals surface area contributed by atoms with E-state index in [9.17, 15) is 13.2 Å². The number of hydrazone groups is 1. The molecule has 1 heterocycles. The molecule has 2 N–H and O–H groups in total. The van der Waals surface area contributed by atoms with Crippen molar-refractivity contribution in [3.05, 3.63) is 89.7 Å². The molecule has 0 aliphatic rings. The van der Waals surface area contributed by atoms with E-state index in [0.29, 0.717) is 0 Å². The summed E-state index contributed by atoms with van der Waals surface area (Å²) in [6.45, 7) is 1.85. The van der Waals surface area contributed by atoms with Crippen LogP contribution in [0.15, 0.2) is 83.1 Å². The third-order valence-corrected chi connectivity index (χ3v) is 5.17. The summed E-state index contributed by atoms with van der Waals surface area (Å²) < 4.78 is 30.6. The van der Waals surface area contributed by atoms with Gasteiger partial charge in [-0.05, 0) is 43.3 Å². The Kier molecular flexibility index (Phi) is 5.51. The molecular weight excluding hydrogens is 378 g/mol. The number of para-hydroxylation sites is 1. The van der Waals surface area contributed by atoms with Crippen LogP contribution in [-0.2, 0) is 10.1 Å². The minimum Gasteiger partial charge on any atom is -0.378 e. The minimum absolute atomic E-state index is 0.00211. The molecule has 0 aliphatic heterocycles. The first-order chi connectivity index (χ1) is 13.4. The predicted octanol–water partition coefficient (Wildman–Crippen LogP) is 2.70. The topological polar surface area (TPSA) is 112 Å². The Balaban J connectivity index is 1.99. The lowest BCUT2D eigenvalue weighted by molar-refractivity contribution is 0.106. The molecule has 28 heavy (non-hydrogen) atoms. The first-order valence-electron chi connectivity index (χ1n) is 8.25. The van der Waals surface area contributed by atoms with E-state index < -0.39 is 15.9 Å². The Morgan fingerprint density at radius 3 is 2.39 bits per heavy atom. The van der Waals surface area contributed by atoms with Crippen molar-refractivity contribution >= 4 is 21.6 Å². The summed E-state index contributed by atoms with van der Waals surface area (Å²) in [6.07, 6.45) is 2.90. The van der Waals surface area contributed by atoms with E-state index in [0.717, 1.165) is 5.56 Å². The van der Waals surface area contributed by atoms with Gasteiger partial charge in [0.05, 0.1) is 0 Å². The zero-order chi connectivity index (χ0) is 20.1. The zero-order valence-corrected chi connectivity index (χ0v) is 15.8. The highest BCUT2D eigenvalue weighted by Crippen LogP contribution is 2.25. The van der Waals surface area contributed by atoms with Crippen LogP contribution < -0.4 is 10.0 Å². The molecule has 0 spiro atoms. The largest absolute Gasteiger partial charge is 0.378 e. The monoisotopic (exact) mass is 395 g/mol. The molecule has 142 valence electrons. The molecule has 0 saturated carbocycles. The van der Waals surface area contributed by atoms with Crippen LogP contribution in [0.4, 0.5) is 0 Å². The molecular formula is C20H17N3O4S. The molecule has 3 aromatic rings. The molecule has 0 bridgehead atoms. The predicted molar refractivity (Wildman–Crippen MR) is 105 cm³/mol. The number of carbonyl (C=O) groups excluding carboxylic acids is 1. The summed E-state index contributed by atoms with van der Waals surface area (Å²) in [4.78, 5) is 16.6. The second-order valence-corrected chi connectivity index (χ2v) is 7.44. The smallest absolute Gasteiger partial charge is 0.339 e. The molecule has 0 amide bonds. The first kappa shape index (κ1) is 19.2. The quantitative estimate of drug-likeness (QED) is 0.226. The number of nitrogens with two attached hydrogens (primary N) is 1. The molecule has 7 nitrogen and oxygen atoms in total. The Morgan fingerprint density at radius 2 is 1.75 bits per heavy atom. The van der Waals surface area contributed by atoms with Crippen molar-refractivity contribution in [2.75, 3.05) is 0 Å². The minimum atomic E-state index is -4.10. The fraction of sp³-hybridized carbons (Fsp3) is 0.0500. The van der Waals surface area contributed by atoms with Gasteiger partial charge in [0.15, 0.2) is 5.75 Å². The maximum atomic E-state index is 12.7. The van der Waals surface area contributed by atoms with E-state index in [1.807, 2.05) is 6.92 Å². The molecule has 0 aliphatic carbocycles. The first-order valence-corrected chi connectivity index (χ1v) is 9.66. The van der Waals surface area contributed by atoms with Gasteiger partial charge >= 0.3 is 10.1 Å². The van der Waals surface area contributed by atoms with Gasteiger partial charge in [-0.2, -0.15) is 13.5 Å². The van der Waals surface area contributed by atoms with Gasteiger partial charge in [0.2, 0.25) is 5.78 Å². The average Bonchev–Trinajstić information content (AvgIpc) is 2.70. The van der Waals surface area contributed by atoms with Crippen molar-refractivity contribution < 1.29 is 17.4 Å². The van der Waals surface area contributed by atoms with Crippen molar-refractivity contribution in [3.8, 4) is 5.75 Å². The number of ketones is 1. The number of rotatable bonds is 6. The third-order valence-electron chi connectivity index (χ3n) is 3.92. The standard InChI is InChI=1S/C20H17N3O4S/c1-14-8-10-16(11-9-14)28(25,26)27-18-7-3-2-6-17(18)19(23-21)20(24)15-5-4-12-22-13-15/h2-13H,21H2,1H3/b23-19+. The molecule has 0 fully saturated rings. The van der Waals surface area contributed by atoms with E-state index in [1.54, 1.807) is 36.4 Å². The third kappa shape index (κ3) is 4.07. The molecule has 0 atom stereocenters. The summed E-state index contributed by atoms with van der Waals surface area (Å²) in [7, 11) is -4.10. The lowest BCUT2D eigenvalue weighted by Gasteiger charge is -2.12. The van der Waals surface area contributed by atoms with Crippen LogP contribution in [0.3, 0.4) is 0 Å². The lowest BCUT2D eigenvalue weighted by Crippen LogP contribution is -2.20. The van der Waals surface area contributed by atoms with E-state index in [4.69, 9.17) is 10.0 Å². The number of benzene rings is 2. The van der Waals surface area contributed by atoms with Gasteiger partial charge in [-0.3, -0.25) is 9.78 Å². The van der Waals surface area contributed by atoms with Gasteiger partial charge in [-0.25, -0.2) is 0 Å². The molecule has 2 aromatic carbocycles. The van der Waals surface area contributed by atoms with Crippen LogP contribution in [0.1, 0.15) is 21.5 Å². The summed E-state index contributed by atoms with van der Waals surface area (Å²) in [6, 6.07) is 15.6. The Hall–Kier alpha value is -3.52. The maximum absolute atomic E-state index is 12.7. The SMILES string of the molecule is Cc1ccc(S(=O)(=O)Oc2ccccc2/C(=N\N)C(=O)c2cccnc2)cc1. The van der Waals surface area contributed by atoms with Crippen LogP contribution >= 0.6 is 0 Å². The summed E-state index contributed by atoms with van der Waals surface area (Å²) in [5.74, 6) is 4.89. The second-order valence-electron chi connectivity index (χ2n) is 5.90. The normalized spacial score (nSPS) is 11.8. The van der Waals surface area contributed by atoms with Crippen molar-refractivity contribution in [3.63, 3.8) is 0 Å². The van der Waals surface area contributed by atoms with Crippen molar-refractivity contribution in [1.29, 1.82) is 0 Å². The van der Waals surface area contributed by atoms with Crippen molar-refractivity contribution in [2.45, 2.75) is 11.8 Å². The maximum Gasteiger partial charge on any atom is 0.339 e. The van der Waals surface area contributed by atoms with Crippen LogP contribution in [-0.4, -0.2) is 24.9 Å². The zero-order valence-electron chi connectivity index (χ0n) is 14.9. The Morgan fingerprint density at radius 1 is 1.04 bits per heavy atom. The fourth-order valence-corrected chi connectivity index (χ4v) is 3.44. The van der Waals surface area contributed by atoms with Crippen molar-refractivity contribution in [2.24, 2.45) is 10.9 Å². The second kappa shape index (κ2) is 8.01. The fourth-order valence-electron chi connectivity index (χ4n) is 2.49. The summed E-state index contributed by atoms with van der Waals surface area (Å²) in [5, 5.41) is 3.57. The molecule has 0 unspecified atom stereocenters. The highest BCUT2D eigenvalue weighted by molar-refractivity contribution is 7.87. The van der Waals surface area contributed by atoms with E-state index >= 15 is 0 Å². The van der Waals surface area contributed by atoms with Crippen LogP contribution in [0, 0.1) is 6.92 Å². The highest BCUT2D eigenvalue weighted by atomic mass is 32.2. The van der Waals surface area contributed by atoms with Crippen LogP contribution in [0.5, 0.6) is 5.75 Å². The van der Waals surface area contributed by atoms with Crippen molar-refractivity contribution in [1.82, 2.24) is 4.98 Å². The Labute approximate surface area is 162 Å². The Bertz CT molecular complexity index is 1130. The van der Waals surface area contributed by atoms with Crippen LogP contribution in [0.25, 0.3) is 0 Å². The molecule has 0 saturated heterocycles. The van der Waals surface area contributed by atoms with Gasteiger partial charge in [-0.15, -0.1) is 0 Å². The molecule has 8 heteroatoms. The molecule has 0 radical (unpaired) electrons. The number of pyridine rings is 1. The van der Waals surface area contributed by atoms with Crippen LogP contribution in [0.2, 0.25) is 0 Å². The number of nitrogens with zero attached hydrogens (tertiary/aromatic N) is 2. The van der Waals surface area contributed by atoms with Gasteiger partial charge in [-0.1, -0.05) is 29.8 Å². The number of aromatic nitrogens is 1. The lowest BCUT2D eigenvalue weighted by atomic mass is 10.0. The highest BCUT2D eigenvalue weighted by Gasteiger charge is 2.24. The number of hydrogen-bond donors (Lipinski definition) is 1. The molecule has 3 rings (SSSR count). The number of aryl methyl sites for hydroxylation is 1. The van der Waals surface area contributed by atoms with Gasteiger partial charge in [0.25, 0.3) is 0 Å². The van der Waals surface area contributed by atoms with Gasteiger partial charge < -0.3 is 10.0 Å². The van der Waals surface area contributed by atoms with E-state index in [-0.39, 0.29) is 27.5 Å². The van der Waals surface area contributed by atoms with E-state index in [2.05, 4.69) is 10.1 Å². The molecule has 1 aromatic heterocycles. The number of Topliss-reactive ketones (excluding diaryl/α,β-unsaturated/α-hetero) is 1. The summed E-state index contributed by atoms with van der Waals surface area (Å²) >= 11 is 0. The van der Waals surface area contributed by atoms with Gasteiger partial charge in [0.1, 0.15) is 10.6 Å². The summed E-state index contributed by atoms with van der Waals surface area (Å²) in [5.41, 5.74) is 1.21.